The molecule has 220 valence electrons. The fraction of sp³-hybridized carbons (Fsp3) is 0.222. The van der Waals surface area contributed by atoms with Crippen molar-refractivity contribution in [3.63, 3.8) is 0 Å². The van der Waals surface area contributed by atoms with E-state index in [9.17, 15) is 0 Å². The fourth-order valence-corrected chi connectivity index (χ4v) is 15.8. The van der Waals surface area contributed by atoms with Gasteiger partial charge in [0.2, 0.25) is 0 Å². The molecule has 0 spiro atoms. The van der Waals surface area contributed by atoms with Gasteiger partial charge >= 0.3 is 255 Å². The molecule has 2 atom stereocenters. The molecule has 4 aromatic rings. The van der Waals surface area contributed by atoms with Gasteiger partial charge in [-0.25, -0.2) is 0 Å². The van der Waals surface area contributed by atoms with E-state index in [1.807, 2.05) is 121 Å². The molecule has 7 heteroatoms. The van der Waals surface area contributed by atoms with Crippen LogP contribution in [0.2, 0.25) is 8.45 Å². The van der Waals surface area contributed by atoms with Gasteiger partial charge in [-0.15, -0.1) is 0 Å². The Balaban J connectivity index is 1.59. The molecule has 6 rings (SSSR count). The van der Waals surface area contributed by atoms with Crippen molar-refractivity contribution >= 4 is 7.74 Å². The number of halogens is 4. The summed E-state index contributed by atoms with van der Waals surface area (Å²) in [7, 11) is 0. The van der Waals surface area contributed by atoms with Crippen LogP contribution in [0.25, 0.3) is 0 Å². The van der Waals surface area contributed by atoms with Crippen molar-refractivity contribution in [3.05, 3.63) is 156 Å². The van der Waals surface area contributed by atoms with Gasteiger partial charge in [0.15, 0.2) is 0 Å². The molecule has 2 aromatic carbocycles. The predicted molar refractivity (Wildman–Crippen MR) is 162 cm³/mol. The third kappa shape index (κ3) is 5.25. The van der Waals surface area contributed by atoms with E-state index in [2.05, 4.69) is 0 Å². The van der Waals surface area contributed by atoms with Crippen molar-refractivity contribution in [2.24, 2.45) is 0 Å². The van der Waals surface area contributed by atoms with Crippen LogP contribution in [0.5, 0.6) is 0 Å². The molecule has 2 aliphatic rings. The van der Waals surface area contributed by atoms with Crippen molar-refractivity contribution in [1.29, 1.82) is 0 Å². The average Bonchev–Trinajstić information content (AvgIpc) is 3.83. The van der Waals surface area contributed by atoms with Gasteiger partial charge in [0.25, 0.3) is 0 Å². The number of aromatic nitrogens is 2. The molecular weight excluding hydrogens is 584 g/mol. The van der Waals surface area contributed by atoms with Gasteiger partial charge in [-0.1, -0.05) is 0 Å². The molecule has 2 unspecified atom stereocenters. The molecule has 2 heterocycles. The second-order valence-corrected chi connectivity index (χ2v) is 18.0. The predicted octanol–water partition coefficient (Wildman–Crippen LogP) is 8.39. The van der Waals surface area contributed by atoms with Crippen molar-refractivity contribution < 1.29 is 34.2 Å². The van der Waals surface area contributed by atoms with Crippen LogP contribution in [-0.4, -0.2) is 9.13 Å². The zero-order chi connectivity index (χ0) is 30.1. The summed E-state index contributed by atoms with van der Waals surface area (Å²) in [6.07, 6.45) is 22.9. The van der Waals surface area contributed by atoms with Gasteiger partial charge in [0.1, 0.15) is 0 Å². The maximum atomic E-state index is 17.0. The molecule has 0 bridgehead atoms. The standard InChI is InChI=1S/2C13H12F2N.2C5H5.Ti/c2*1-10(16-6-2-3-7-16)8-11-4-5-12(14)9-13(11)15;2*1-2-4-5-3-1;/h2*2-7,10H,8H2,1H3;2*1-5H;. The Hall–Kier alpha value is -3.61. The van der Waals surface area contributed by atoms with E-state index in [0.717, 1.165) is 0 Å². The number of hydrogen-bond donors (Lipinski definition) is 0. The SMILES string of the molecule is CC(Cc1ccc(F)[c]([Ti]([c]2c(F)ccc(CC(C)n3cccc3)c2F)([CH]2C=CC=C2)[CH]2C=CC=C2)c1F)n1cccc1. The van der Waals surface area contributed by atoms with Crippen LogP contribution in [0.4, 0.5) is 17.6 Å². The first-order chi connectivity index (χ1) is 20.8. The summed E-state index contributed by atoms with van der Waals surface area (Å²) in [4.78, 5) is 0. The molecule has 2 aliphatic carbocycles. The zero-order valence-corrected chi connectivity index (χ0v) is 25.7. The van der Waals surface area contributed by atoms with Crippen molar-refractivity contribution in [1.82, 2.24) is 9.13 Å². The molecule has 0 radical (unpaired) electrons. The Morgan fingerprint density at radius 1 is 0.581 bits per heavy atom. The Kier molecular flexibility index (Phi) is 8.35. The van der Waals surface area contributed by atoms with Crippen LogP contribution in [0.3, 0.4) is 0 Å². The third-order valence-corrected chi connectivity index (χ3v) is 17.5. The molecule has 0 amide bonds. The Labute approximate surface area is 253 Å². The van der Waals surface area contributed by atoms with E-state index in [0.29, 0.717) is 24.0 Å². The van der Waals surface area contributed by atoms with Crippen LogP contribution >= 0.6 is 0 Å². The topological polar surface area (TPSA) is 9.86 Å². The van der Waals surface area contributed by atoms with Crippen molar-refractivity contribution in [2.45, 2.75) is 47.2 Å². The summed E-state index contributed by atoms with van der Waals surface area (Å²) in [6, 6.07) is 12.9. The van der Waals surface area contributed by atoms with Gasteiger partial charge in [-0.3, -0.25) is 0 Å². The van der Waals surface area contributed by atoms with Gasteiger partial charge in [-0.2, -0.15) is 0 Å². The number of rotatable bonds is 10. The summed E-state index contributed by atoms with van der Waals surface area (Å²) >= 11 is -4.81. The Morgan fingerprint density at radius 2 is 0.930 bits per heavy atom. The van der Waals surface area contributed by atoms with Crippen LogP contribution < -0.4 is 7.74 Å². The molecule has 0 saturated carbocycles. The number of benzene rings is 2. The first kappa shape index (κ1) is 29.5. The summed E-state index contributed by atoms with van der Waals surface area (Å²) in [6.45, 7) is 3.94. The second kappa shape index (κ2) is 12.2. The third-order valence-electron chi connectivity index (χ3n) is 9.02. The van der Waals surface area contributed by atoms with E-state index in [1.54, 1.807) is 0 Å². The molecule has 0 fully saturated rings. The van der Waals surface area contributed by atoms with E-state index in [-0.39, 0.29) is 19.8 Å². The summed E-state index contributed by atoms with van der Waals surface area (Å²) < 4.78 is 69.4. The number of nitrogens with zero attached hydrogens (tertiary/aromatic N) is 2. The molecule has 0 saturated heterocycles. The van der Waals surface area contributed by atoms with Crippen molar-refractivity contribution in [2.75, 3.05) is 0 Å². The quantitative estimate of drug-likeness (QED) is 0.125. The van der Waals surface area contributed by atoms with Gasteiger partial charge in [-0.05, 0) is 0 Å². The minimum absolute atomic E-state index is 0.103. The normalized spacial score (nSPS) is 16.5. The molecule has 0 aliphatic heterocycles. The summed E-state index contributed by atoms with van der Waals surface area (Å²) in [5, 5.41) is 0. The molecule has 43 heavy (non-hydrogen) atoms. The number of allylic oxidation sites excluding steroid dienone is 8. The minimum atomic E-state index is -4.81. The monoisotopic (exact) mass is 618 g/mol. The molecule has 0 N–H and O–H groups in total. The zero-order valence-electron chi connectivity index (χ0n) is 24.2. The van der Waals surface area contributed by atoms with E-state index >= 15 is 17.6 Å². The van der Waals surface area contributed by atoms with Crippen LogP contribution in [-0.2, 0) is 29.4 Å². The van der Waals surface area contributed by atoms with Crippen LogP contribution in [0.15, 0.2) is 122 Å². The molecule has 2 aromatic heterocycles. The number of hydrogen-bond acceptors (Lipinski definition) is 0. The van der Waals surface area contributed by atoms with E-state index < -0.39 is 48.3 Å². The van der Waals surface area contributed by atoms with Gasteiger partial charge in [0.05, 0.1) is 0 Å². The van der Waals surface area contributed by atoms with Crippen molar-refractivity contribution in [3.8, 4) is 0 Å². The average molecular weight is 619 g/mol. The first-order valence-electron chi connectivity index (χ1n) is 14.7. The first-order valence-corrected chi connectivity index (χ1v) is 18.1. The molecular formula is C36H34F4N2Ti. The second-order valence-electron chi connectivity index (χ2n) is 11.6. The van der Waals surface area contributed by atoms with E-state index in [1.165, 1.54) is 24.3 Å². The Bertz CT molecular complexity index is 1560. The van der Waals surface area contributed by atoms with Gasteiger partial charge in [0, 0.05) is 0 Å². The fourth-order valence-electron chi connectivity index (χ4n) is 6.88. The summed E-state index contributed by atoms with van der Waals surface area (Å²) in [5.74, 6) is -2.87. The maximum absolute atomic E-state index is 17.0. The summed E-state index contributed by atoms with van der Waals surface area (Å²) in [5.41, 5.74) is 0.672. The molecule has 2 nitrogen and oxygen atoms in total. The Morgan fingerprint density at radius 3 is 1.28 bits per heavy atom. The van der Waals surface area contributed by atoms with Crippen LogP contribution in [0.1, 0.15) is 37.1 Å². The van der Waals surface area contributed by atoms with E-state index in [4.69, 9.17) is 0 Å². The van der Waals surface area contributed by atoms with Gasteiger partial charge < -0.3 is 0 Å². The van der Waals surface area contributed by atoms with Crippen LogP contribution in [0, 0.1) is 23.3 Å².